The third-order valence-electron chi connectivity index (χ3n) is 3.19. The minimum atomic E-state index is -0.0564. The Labute approximate surface area is 129 Å². The molecule has 1 N–H and O–H groups in total. The van der Waals surface area contributed by atoms with E-state index in [0.717, 1.165) is 17.7 Å². The molecular weight excluding hydrogens is 262 g/mol. The predicted molar refractivity (Wildman–Crippen MR) is 88.1 cm³/mol. The van der Waals surface area contributed by atoms with Crippen LogP contribution >= 0.6 is 0 Å². The number of hydrogen-bond acceptors (Lipinski definition) is 3. The first kappa shape index (κ1) is 17.7. The second-order valence-corrected chi connectivity index (χ2v) is 7.36. The number of ether oxygens (including phenoxy) is 1. The molecule has 0 amide bonds. The molecule has 0 aromatic heterocycles. The lowest BCUT2D eigenvalue weighted by molar-refractivity contribution is 0.0973. The third-order valence-corrected chi connectivity index (χ3v) is 3.19. The number of hydrogen-bond donors (Lipinski definition) is 1. The molecule has 0 saturated heterocycles. The summed E-state index contributed by atoms with van der Waals surface area (Å²) in [5.74, 6) is 0.912. The van der Waals surface area contributed by atoms with Crippen LogP contribution in [0.15, 0.2) is 24.3 Å². The van der Waals surface area contributed by atoms with Gasteiger partial charge in [0, 0.05) is 11.1 Å². The predicted octanol–water partition coefficient (Wildman–Crippen LogP) is 4.07. The zero-order valence-electron chi connectivity index (χ0n) is 14.2. The van der Waals surface area contributed by atoms with Crippen LogP contribution in [-0.4, -0.2) is 24.5 Å². The van der Waals surface area contributed by atoms with Crippen molar-refractivity contribution in [2.75, 3.05) is 13.2 Å². The van der Waals surface area contributed by atoms with Crippen molar-refractivity contribution >= 4 is 5.78 Å². The van der Waals surface area contributed by atoms with Crippen LogP contribution in [0.25, 0.3) is 0 Å². The Morgan fingerprint density at radius 3 is 2.14 bits per heavy atom. The topological polar surface area (TPSA) is 38.3 Å². The van der Waals surface area contributed by atoms with Gasteiger partial charge in [0.25, 0.3) is 0 Å². The van der Waals surface area contributed by atoms with Crippen molar-refractivity contribution < 1.29 is 9.53 Å². The molecule has 0 atom stereocenters. The monoisotopic (exact) mass is 291 g/mol. The Bertz CT molecular complexity index is 455. The van der Waals surface area contributed by atoms with Gasteiger partial charge in [-0.2, -0.15) is 0 Å². The summed E-state index contributed by atoms with van der Waals surface area (Å²) >= 11 is 0. The van der Waals surface area contributed by atoms with Crippen molar-refractivity contribution in [3.8, 4) is 5.75 Å². The molecule has 0 unspecified atom stereocenters. The normalized spacial score (nSPS) is 12.3. The van der Waals surface area contributed by atoms with Crippen LogP contribution in [0.1, 0.15) is 58.3 Å². The molecule has 1 aromatic rings. The van der Waals surface area contributed by atoms with Gasteiger partial charge in [-0.1, -0.05) is 20.8 Å². The Morgan fingerprint density at radius 2 is 1.67 bits per heavy atom. The van der Waals surface area contributed by atoms with Gasteiger partial charge in [0.2, 0.25) is 0 Å². The van der Waals surface area contributed by atoms with Gasteiger partial charge in [-0.05, 0) is 56.9 Å². The Morgan fingerprint density at radius 1 is 1.10 bits per heavy atom. The molecule has 0 bridgehead atoms. The number of rotatable bonds is 7. The van der Waals surface area contributed by atoms with Crippen LogP contribution in [0.4, 0.5) is 0 Å². The highest BCUT2D eigenvalue weighted by Gasteiger charge is 2.25. The lowest BCUT2D eigenvalue weighted by atomic mass is 9.82. The Balaban J connectivity index is 2.57. The van der Waals surface area contributed by atoms with Crippen molar-refractivity contribution in [1.82, 2.24) is 5.32 Å². The summed E-state index contributed by atoms with van der Waals surface area (Å²) in [6.07, 6.45) is 1.01. The van der Waals surface area contributed by atoms with E-state index in [9.17, 15) is 4.79 Å². The summed E-state index contributed by atoms with van der Waals surface area (Å²) in [7, 11) is 0. The maximum atomic E-state index is 12.2. The molecule has 3 nitrogen and oxygen atoms in total. The van der Waals surface area contributed by atoms with E-state index < -0.39 is 0 Å². The van der Waals surface area contributed by atoms with Crippen LogP contribution < -0.4 is 10.1 Å². The standard InChI is InChI=1S/C18H29NO2/c1-7-21-15-10-8-14(9-11-15)16(20)12-19-18(5,6)13-17(2,3)4/h8-11,19H,7,12-13H2,1-6H3. The lowest BCUT2D eigenvalue weighted by Crippen LogP contribution is -2.44. The number of ketones is 1. The second-order valence-electron chi connectivity index (χ2n) is 7.36. The van der Waals surface area contributed by atoms with Crippen LogP contribution in [-0.2, 0) is 0 Å². The highest BCUT2D eigenvalue weighted by atomic mass is 16.5. The van der Waals surface area contributed by atoms with Gasteiger partial charge >= 0.3 is 0 Å². The summed E-state index contributed by atoms with van der Waals surface area (Å²) in [4.78, 5) is 12.2. The molecule has 1 rings (SSSR count). The van der Waals surface area contributed by atoms with Gasteiger partial charge in [0.15, 0.2) is 5.78 Å². The molecule has 0 spiro atoms. The van der Waals surface area contributed by atoms with Gasteiger partial charge < -0.3 is 10.1 Å². The van der Waals surface area contributed by atoms with E-state index in [0.29, 0.717) is 13.2 Å². The van der Waals surface area contributed by atoms with E-state index in [-0.39, 0.29) is 16.7 Å². The average Bonchev–Trinajstić information content (AvgIpc) is 2.34. The lowest BCUT2D eigenvalue weighted by Gasteiger charge is -2.33. The molecule has 118 valence electrons. The first-order valence-electron chi connectivity index (χ1n) is 7.64. The number of Topliss-reactive ketones (excluding diaryl/α,β-unsaturated/α-hetero) is 1. The van der Waals surface area contributed by atoms with Crippen LogP contribution in [0.5, 0.6) is 5.75 Å². The SMILES string of the molecule is CCOc1ccc(C(=O)CNC(C)(C)CC(C)(C)C)cc1. The van der Waals surface area contributed by atoms with Gasteiger partial charge in [-0.25, -0.2) is 0 Å². The first-order valence-corrected chi connectivity index (χ1v) is 7.64. The minimum absolute atomic E-state index is 0.0564. The Kier molecular flexibility index (Phi) is 5.97. The molecule has 0 heterocycles. The Hall–Kier alpha value is -1.35. The fraction of sp³-hybridized carbons (Fsp3) is 0.611. The van der Waals surface area contributed by atoms with Gasteiger partial charge in [0.1, 0.15) is 5.75 Å². The van der Waals surface area contributed by atoms with Crippen molar-refractivity contribution in [3.63, 3.8) is 0 Å². The molecule has 0 aliphatic carbocycles. The molecule has 0 fully saturated rings. The van der Waals surface area contributed by atoms with E-state index in [1.54, 1.807) is 0 Å². The maximum Gasteiger partial charge on any atom is 0.176 e. The van der Waals surface area contributed by atoms with Gasteiger partial charge in [0.05, 0.1) is 13.2 Å². The highest BCUT2D eigenvalue weighted by Crippen LogP contribution is 2.26. The molecule has 3 heteroatoms. The summed E-state index contributed by atoms with van der Waals surface area (Å²) in [5, 5.41) is 3.37. The summed E-state index contributed by atoms with van der Waals surface area (Å²) in [6, 6.07) is 7.34. The zero-order chi connectivity index (χ0) is 16.1. The molecule has 0 saturated carbocycles. The average molecular weight is 291 g/mol. The van der Waals surface area contributed by atoms with E-state index in [2.05, 4.69) is 39.9 Å². The van der Waals surface area contributed by atoms with Crippen molar-refractivity contribution in [1.29, 1.82) is 0 Å². The minimum Gasteiger partial charge on any atom is -0.494 e. The summed E-state index contributed by atoms with van der Waals surface area (Å²) in [5.41, 5.74) is 0.898. The van der Waals surface area contributed by atoms with E-state index in [1.165, 1.54) is 0 Å². The highest BCUT2D eigenvalue weighted by molar-refractivity contribution is 5.97. The van der Waals surface area contributed by atoms with Gasteiger partial charge in [-0.15, -0.1) is 0 Å². The first-order chi connectivity index (χ1) is 9.63. The molecular formula is C18H29NO2. The molecule has 0 aliphatic rings. The number of carbonyl (C=O) groups excluding carboxylic acids is 1. The third kappa shape index (κ3) is 6.76. The van der Waals surface area contributed by atoms with Gasteiger partial charge in [-0.3, -0.25) is 4.79 Å². The largest absolute Gasteiger partial charge is 0.494 e. The molecule has 0 aliphatic heterocycles. The summed E-state index contributed by atoms with van der Waals surface area (Å²) < 4.78 is 5.38. The van der Waals surface area contributed by atoms with Crippen molar-refractivity contribution in [2.24, 2.45) is 5.41 Å². The number of nitrogens with one attached hydrogen (secondary N) is 1. The quantitative estimate of drug-likeness (QED) is 0.770. The fourth-order valence-corrected chi connectivity index (χ4v) is 2.71. The van der Waals surface area contributed by atoms with E-state index in [1.807, 2.05) is 31.2 Å². The van der Waals surface area contributed by atoms with Crippen molar-refractivity contribution in [3.05, 3.63) is 29.8 Å². The zero-order valence-corrected chi connectivity index (χ0v) is 14.2. The molecule has 0 radical (unpaired) electrons. The fourth-order valence-electron chi connectivity index (χ4n) is 2.71. The molecule has 1 aromatic carbocycles. The smallest absolute Gasteiger partial charge is 0.176 e. The van der Waals surface area contributed by atoms with Crippen molar-refractivity contribution in [2.45, 2.75) is 53.5 Å². The molecule has 21 heavy (non-hydrogen) atoms. The second kappa shape index (κ2) is 7.08. The summed E-state index contributed by atoms with van der Waals surface area (Å²) in [6.45, 7) is 13.9. The number of carbonyl (C=O) groups is 1. The van der Waals surface area contributed by atoms with Crippen LogP contribution in [0.3, 0.4) is 0 Å². The van der Waals surface area contributed by atoms with E-state index >= 15 is 0 Å². The van der Waals surface area contributed by atoms with Crippen LogP contribution in [0, 0.1) is 5.41 Å². The maximum absolute atomic E-state index is 12.2. The van der Waals surface area contributed by atoms with E-state index in [4.69, 9.17) is 4.74 Å². The van der Waals surface area contributed by atoms with Crippen LogP contribution in [0.2, 0.25) is 0 Å². The number of benzene rings is 1.